The predicted octanol–water partition coefficient (Wildman–Crippen LogP) is 4.57. The number of rotatable bonds is 2. The number of carbonyl (C=O) groups excluding carboxylic acids is 1. The van der Waals surface area contributed by atoms with Crippen LogP contribution in [0.4, 0.5) is 0 Å². The van der Waals surface area contributed by atoms with Crippen LogP contribution in [0.5, 0.6) is 0 Å². The highest BCUT2D eigenvalue weighted by Gasteiger charge is 2.22. The molecule has 1 aromatic heterocycles. The Balaban J connectivity index is 1.93. The van der Waals surface area contributed by atoms with Crippen molar-refractivity contribution in [3.8, 4) is 11.3 Å². The van der Waals surface area contributed by atoms with Gasteiger partial charge in [-0.3, -0.25) is 0 Å². The van der Waals surface area contributed by atoms with Crippen molar-refractivity contribution >= 4 is 41.0 Å². The summed E-state index contributed by atoms with van der Waals surface area (Å²) >= 11 is 11.9. The maximum atomic E-state index is 11.5. The molecule has 2 heterocycles. The van der Waals surface area contributed by atoms with Crippen molar-refractivity contribution in [2.45, 2.75) is 6.92 Å². The number of benzene rings is 1. The summed E-state index contributed by atoms with van der Waals surface area (Å²) in [4.78, 5) is 16.0. The van der Waals surface area contributed by atoms with E-state index in [1.54, 1.807) is 43.3 Å². The molecular formula is C15H9Cl2NO3. The van der Waals surface area contributed by atoms with Gasteiger partial charge in [0, 0.05) is 5.56 Å². The second-order valence-corrected chi connectivity index (χ2v) is 5.26. The Kier molecular flexibility index (Phi) is 3.57. The molecule has 0 fully saturated rings. The fourth-order valence-corrected chi connectivity index (χ4v) is 2.19. The third-order valence-electron chi connectivity index (χ3n) is 2.99. The second-order valence-electron chi connectivity index (χ2n) is 4.44. The van der Waals surface area contributed by atoms with Crippen molar-refractivity contribution in [1.29, 1.82) is 0 Å². The molecule has 21 heavy (non-hydrogen) atoms. The molecule has 1 aromatic carbocycles. The molecular weight excluding hydrogens is 313 g/mol. The molecule has 0 spiro atoms. The highest BCUT2D eigenvalue weighted by molar-refractivity contribution is 6.42. The minimum Gasteiger partial charge on any atom is -0.457 e. The SMILES string of the molecule is CC1=NOC(=O)/C1=C\c1ccc(-c2ccc(Cl)c(Cl)c2)o1. The Morgan fingerprint density at radius 1 is 1.14 bits per heavy atom. The molecule has 0 unspecified atom stereocenters. The number of halogens is 2. The first-order valence-electron chi connectivity index (χ1n) is 6.08. The maximum Gasteiger partial charge on any atom is 0.367 e. The molecule has 0 bridgehead atoms. The van der Waals surface area contributed by atoms with Crippen LogP contribution in [-0.4, -0.2) is 11.7 Å². The molecule has 0 aliphatic carbocycles. The first kappa shape index (κ1) is 13.9. The summed E-state index contributed by atoms with van der Waals surface area (Å²) in [5, 5.41) is 4.54. The lowest BCUT2D eigenvalue weighted by molar-refractivity contribution is -0.136. The fourth-order valence-electron chi connectivity index (χ4n) is 1.90. The second kappa shape index (κ2) is 5.39. The zero-order valence-electron chi connectivity index (χ0n) is 10.9. The third kappa shape index (κ3) is 2.73. The summed E-state index contributed by atoms with van der Waals surface area (Å²) in [7, 11) is 0. The number of nitrogens with zero attached hydrogens (tertiary/aromatic N) is 1. The molecule has 0 radical (unpaired) electrons. The van der Waals surface area contributed by atoms with Crippen LogP contribution in [0, 0.1) is 0 Å². The van der Waals surface area contributed by atoms with Gasteiger partial charge in [0.2, 0.25) is 0 Å². The Morgan fingerprint density at radius 3 is 2.62 bits per heavy atom. The highest BCUT2D eigenvalue weighted by atomic mass is 35.5. The Bertz CT molecular complexity index is 790. The molecule has 6 heteroatoms. The smallest absolute Gasteiger partial charge is 0.367 e. The fraction of sp³-hybridized carbons (Fsp3) is 0.0667. The van der Waals surface area contributed by atoms with Crippen LogP contribution in [0.15, 0.2) is 45.5 Å². The van der Waals surface area contributed by atoms with Crippen molar-refractivity contribution in [1.82, 2.24) is 0 Å². The lowest BCUT2D eigenvalue weighted by atomic mass is 10.1. The topological polar surface area (TPSA) is 51.8 Å². The quantitative estimate of drug-likeness (QED) is 0.601. The summed E-state index contributed by atoms with van der Waals surface area (Å²) in [5.74, 6) is 0.667. The van der Waals surface area contributed by atoms with Gasteiger partial charge in [0.1, 0.15) is 11.5 Å². The minimum absolute atomic E-state index is 0.380. The van der Waals surface area contributed by atoms with E-state index >= 15 is 0 Å². The van der Waals surface area contributed by atoms with Crippen LogP contribution in [-0.2, 0) is 9.63 Å². The van der Waals surface area contributed by atoms with Gasteiger partial charge in [0.05, 0.1) is 21.3 Å². The summed E-state index contributed by atoms with van der Waals surface area (Å²) in [6.07, 6.45) is 1.59. The number of hydrogen-bond acceptors (Lipinski definition) is 4. The molecule has 106 valence electrons. The van der Waals surface area contributed by atoms with Gasteiger partial charge in [-0.2, -0.15) is 0 Å². The molecule has 0 N–H and O–H groups in total. The zero-order chi connectivity index (χ0) is 15.0. The number of furan rings is 1. The molecule has 0 amide bonds. The van der Waals surface area contributed by atoms with E-state index in [1.165, 1.54) is 0 Å². The lowest BCUT2D eigenvalue weighted by Gasteiger charge is -1.99. The number of oxime groups is 1. The Labute approximate surface area is 130 Å². The number of carbonyl (C=O) groups is 1. The summed E-state index contributed by atoms with van der Waals surface area (Å²) in [5.41, 5.74) is 1.70. The summed E-state index contributed by atoms with van der Waals surface area (Å²) in [6.45, 7) is 1.69. The van der Waals surface area contributed by atoms with Crippen LogP contribution >= 0.6 is 23.2 Å². The molecule has 4 nitrogen and oxygen atoms in total. The molecule has 0 saturated heterocycles. The molecule has 3 rings (SSSR count). The van der Waals surface area contributed by atoms with E-state index in [9.17, 15) is 4.79 Å². The van der Waals surface area contributed by atoms with Crippen molar-refractivity contribution in [3.05, 3.63) is 51.7 Å². The van der Waals surface area contributed by atoms with Gasteiger partial charge in [-0.1, -0.05) is 28.4 Å². The molecule has 0 atom stereocenters. The molecule has 1 aliphatic heterocycles. The standard InChI is InChI=1S/C15H9Cl2NO3/c1-8-11(15(19)21-18-8)7-10-3-5-14(20-10)9-2-4-12(16)13(17)6-9/h2-7H,1H3/b11-7-. The van der Waals surface area contributed by atoms with E-state index in [2.05, 4.69) is 9.99 Å². The van der Waals surface area contributed by atoms with E-state index in [-0.39, 0.29) is 0 Å². The zero-order valence-corrected chi connectivity index (χ0v) is 12.4. The molecule has 0 saturated carbocycles. The van der Waals surface area contributed by atoms with Gasteiger partial charge in [0.25, 0.3) is 0 Å². The van der Waals surface area contributed by atoms with Gasteiger partial charge in [-0.15, -0.1) is 0 Å². The lowest BCUT2D eigenvalue weighted by Crippen LogP contribution is -2.01. The van der Waals surface area contributed by atoms with Crippen LogP contribution < -0.4 is 0 Å². The average Bonchev–Trinajstić information content (AvgIpc) is 3.04. The normalized spacial score (nSPS) is 16.2. The average molecular weight is 322 g/mol. The van der Waals surface area contributed by atoms with Crippen molar-refractivity contribution in [2.24, 2.45) is 5.16 Å². The van der Waals surface area contributed by atoms with E-state index in [0.717, 1.165) is 5.56 Å². The molecule has 2 aromatic rings. The van der Waals surface area contributed by atoms with Gasteiger partial charge in [-0.25, -0.2) is 4.79 Å². The number of hydrogen-bond donors (Lipinski definition) is 0. The third-order valence-corrected chi connectivity index (χ3v) is 3.73. The minimum atomic E-state index is -0.486. The Morgan fingerprint density at radius 2 is 1.95 bits per heavy atom. The van der Waals surface area contributed by atoms with E-state index < -0.39 is 5.97 Å². The monoisotopic (exact) mass is 321 g/mol. The van der Waals surface area contributed by atoms with Crippen LogP contribution in [0.2, 0.25) is 10.0 Å². The summed E-state index contributed by atoms with van der Waals surface area (Å²) in [6, 6.07) is 8.77. The van der Waals surface area contributed by atoms with Crippen molar-refractivity contribution in [3.63, 3.8) is 0 Å². The Hall–Kier alpha value is -2.04. The van der Waals surface area contributed by atoms with Gasteiger partial charge < -0.3 is 9.25 Å². The molecule has 1 aliphatic rings. The highest BCUT2D eigenvalue weighted by Crippen LogP contribution is 2.30. The first-order valence-corrected chi connectivity index (χ1v) is 6.83. The van der Waals surface area contributed by atoms with Crippen molar-refractivity contribution in [2.75, 3.05) is 0 Å². The van der Waals surface area contributed by atoms with E-state index in [0.29, 0.717) is 32.9 Å². The largest absolute Gasteiger partial charge is 0.457 e. The maximum absolute atomic E-state index is 11.5. The summed E-state index contributed by atoms with van der Waals surface area (Å²) < 4.78 is 5.68. The van der Waals surface area contributed by atoms with E-state index in [1.807, 2.05) is 0 Å². The van der Waals surface area contributed by atoms with Gasteiger partial charge >= 0.3 is 5.97 Å². The van der Waals surface area contributed by atoms with Gasteiger partial charge in [-0.05, 0) is 43.3 Å². The van der Waals surface area contributed by atoms with Crippen LogP contribution in [0.1, 0.15) is 12.7 Å². The van der Waals surface area contributed by atoms with Crippen molar-refractivity contribution < 1.29 is 14.0 Å². The van der Waals surface area contributed by atoms with Crippen LogP contribution in [0.3, 0.4) is 0 Å². The predicted molar refractivity (Wildman–Crippen MR) is 81.3 cm³/mol. The van der Waals surface area contributed by atoms with Gasteiger partial charge in [0.15, 0.2) is 0 Å². The van der Waals surface area contributed by atoms with E-state index in [4.69, 9.17) is 27.6 Å². The first-order chi connectivity index (χ1) is 10.0. The van der Waals surface area contributed by atoms with Crippen LogP contribution in [0.25, 0.3) is 17.4 Å².